The van der Waals surface area contributed by atoms with Gasteiger partial charge in [-0.2, -0.15) is 0 Å². The molecule has 0 saturated carbocycles. The molecule has 1 heterocycles. The highest BCUT2D eigenvalue weighted by Gasteiger charge is 2.11. The lowest BCUT2D eigenvalue weighted by Crippen LogP contribution is -2.17. The molecule has 0 aromatic heterocycles. The molecule has 1 aliphatic heterocycles. The van der Waals surface area contributed by atoms with E-state index in [4.69, 9.17) is 4.74 Å². The summed E-state index contributed by atoms with van der Waals surface area (Å²) in [6, 6.07) is 8.05. The van der Waals surface area contributed by atoms with Gasteiger partial charge in [0, 0.05) is 10.9 Å². The minimum atomic E-state index is 0.180. The maximum Gasteiger partial charge on any atom is 0.127 e. The monoisotopic (exact) mass is 224 g/mol. The molecule has 2 rings (SSSR count). The number of alkyl halides is 1. The molecule has 1 aromatic carbocycles. The van der Waals surface area contributed by atoms with Gasteiger partial charge in [-0.05, 0) is 12.1 Å². The molecule has 0 radical (unpaired) electrons. The van der Waals surface area contributed by atoms with E-state index in [0.717, 1.165) is 16.6 Å². The number of fused-ring (bicyclic) bond motifs is 1. The summed E-state index contributed by atoms with van der Waals surface area (Å²) in [7, 11) is 0. The topological polar surface area (TPSA) is 9.23 Å². The van der Waals surface area contributed by atoms with Crippen molar-refractivity contribution >= 4 is 22.0 Å². The van der Waals surface area contributed by atoms with Crippen LogP contribution in [0.5, 0.6) is 5.75 Å². The number of halogens is 1. The first-order valence-corrected chi connectivity index (χ1v) is 5.02. The van der Waals surface area contributed by atoms with Crippen molar-refractivity contribution in [3.63, 3.8) is 0 Å². The quantitative estimate of drug-likeness (QED) is 0.667. The predicted molar refractivity (Wildman–Crippen MR) is 53.7 cm³/mol. The van der Waals surface area contributed by atoms with Crippen LogP contribution in [-0.2, 0) is 0 Å². The molecule has 1 atom stereocenters. The second-order valence-corrected chi connectivity index (χ2v) is 3.36. The van der Waals surface area contributed by atoms with Crippen molar-refractivity contribution in [3.05, 3.63) is 35.9 Å². The van der Waals surface area contributed by atoms with Crippen molar-refractivity contribution in [1.82, 2.24) is 0 Å². The van der Waals surface area contributed by atoms with Gasteiger partial charge in [0.05, 0.1) is 0 Å². The molecular weight excluding hydrogens is 216 g/mol. The highest BCUT2D eigenvalue weighted by atomic mass is 79.9. The lowest BCUT2D eigenvalue weighted by atomic mass is 10.1. The van der Waals surface area contributed by atoms with Crippen LogP contribution in [0, 0.1) is 0 Å². The molecule has 1 nitrogen and oxygen atoms in total. The highest BCUT2D eigenvalue weighted by molar-refractivity contribution is 9.09. The molecule has 0 saturated heterocycles. The van der Waals surface area contributed by atoms with E-state index in [0.29, 0.717) is 0 Å². The van der Waals surface area contributed by atoms with Gasteiger partial charge < -0.3 is 4.74 Å². The zero-order chi connectivity index (χ0) is 8.39. The lowest BCUT2D eigenvalue weighted by molar-refractivity contribution is 0.271. The molecule has 1 aromatic rings. The minimum Gasteiger partial charge on any atom is -0.485 e. The van der Waals surface area contributed by atoms with E-state index < -0.39 is 0 Å². The number of hydrogen-bond donors (Lipinski definition) is 0. The second kappa shape index (κ2) is 3.31. The van der Waals surface area contributed by atoms with Gasteiger partial charge in [-0.25, -0.2) is 0 Å². The van der Waals surface area contributed by atoms with Crippen LogP contribution in [0.3, 0.4) is 0 Å². The van der Waals surface area contributed by atoms with Crippen molar-refractivity contribution in [2.24, 2.45) is 0 Å². The number of para-hydroxylation sites is 1. The van der Waals surface area contributed by atoms with Crippen LogP contribution in [0.15, 0.2) is 30.3 Å². The first-order valence-electron chi connectivity index (χ1n) is 3.90. The van der Waals surface area contributed by atoms with E-state index in [1.165, 1.54) is 0 Å². The summed E-state index contributed by atoms with van der Waals surface area (Å²) in [4.78, 5) is 0. The first kappa shape index (κ1) is 7.87. The second-order valence-electron chi connectivity index (χ2n) is 2.71. The Hall–Kier alpha value is -0.760. The van der Waals surface area contributed by atoms with Gasteiger partial charge >= 0.3 is 0 Å². The Bertz CT molecular complexity index is 306. The Balaban J connectivity index is 2.33. The van der Waals surface area contributed by atoms with Crippen LogP contribution < -0.4 is 4.74 Å². The van der Waals surface area contributed by atoms with Crippen LogP contribution in [0.4, 0.5) is 0 Å². The lowest BCUT2D eigenvalue weighted by Gasteiger charge is -2.19. The van der Waals surface area contributed by atoms with Gasteiger partial charge in [0.25, 0.3) is 0 Å². The van der Waals surface area contributed by atoms with Gasteiger partial charge in [-0.1, -0.05) is 40.2 Å². The average molecular weight is 225 g/mol. The Labute approximate surface area is 80.2 Å². The van der Waals surface area contributed by atoms with Crippen LogP contribution >= 0.6 is 15.9 Å². The normalized spacial score (nSPS) is 19.9. The van der Waals surface area contributed by atoms with Gasteiger partial charge in [0.1, 0.15) is 11.9 Å². The summed E-state index contributed by atoms with van der Waals surface area (Å²) in [5.41, 5.74) is 1.16. The zero-order valence-electron chi connectivity index (χ0n) is 6.53. The van der Waals surface area contributed by atoms with Crippen molar-refractivity contribution in [2.75, 3.05) is 5.33 Å². The zero-order valence-corrected chi connectivity index (χ0v) is 8.12. The fourth-order valence-corrected chi connectivity index (χ4v) is 1.57. The van der Waals surface area contributed by atoms with E-state index in [2.05, 4.69) is 34.1 Å². The highest BCUT2D eigenvalue weighted by Crippen LogP contribution is 2.25. The molecule has 12 heavy (non-hydrogen) atoms. The van der Waals surface area contributed by atoms with Gasteiger partial charge in [-0.3, -0.25) is 0 Å². The summed E-state index contributed by atoms with van der Waals surface area (Å²) in [5.74, 6) is 0.976. The maximum absolute atomic E-state index is 5.65. The van der Waals surface area contributed by atoms with E-state index in [-0.39, 0.29) is 6.10 Å². The van der Waals surface area contributed by atoms with Crippen molar-refractivity contribution in [3.8, 4) is 5.75 Å². The van der Waals surface area contributed by atoms with Crippen molar-refractivity contribution in [2.45, 2.75) is 6.10 Å². The molecule has 0 fully saturated rings. The largest absolute Gasteiger partial charge is 0.485 e. The summed E-state index contributed by atoms with van der Waals surface area (Å²) < 4.78 is 5.65. The molecule has 0 bridgehead atoms. The third-order valence-corrected chi connectivity index (χ3v) is 2.48. The van der Waals surface area contributed by atoms with E-state index in [9.17, 15) is 0 Å². The molecule has 2 heteroatoms. The molecule has 62 valence electrons. The Morgan fingerprint density at radius 2 is 2.17 bits per heavy atom. The number of benzene rings is 1. The fourth-order valence-electron chi connectivity index (χ4n) is 1.22. The molecule has 1 unspecified atom stereocenters. The van der Waals surface area contributed by atoms with Crippen LogP contribution in [0.25, 0.3) is 6.08 Å². The SMILES string of the molecule is BrCC1C=Cc2ccccc2O1. The minimum absolute atomic E-state index is 0.180. The molecule has 0 amide bonds. The molecule has 0 spiro atoms. The van der Waals surface area contributed by atoms with Crippen LogP contribution in [0.2, 0.25) is 0 Å². The number of ether oxygens (including phenoxy) is 1. The predicted octanol–water partition coefficient (Wildman–Crippen LogP) is 2.86. The maximum atomic E-state index is 5.65. The third kappa shape index (κ3) is 1.39. The van der Waals surface area contributed by atoms with Crippen LogP contribution in [0.1, 0.15) is 5.56 Å². The van der Waals surface area contributed by atoms with Gasteiger partial charge in [0.2, 0.25) is 0 Å². The van der Waals surface area contributed by atoms with Gasteiger partial charge in [0.15, 0.2) is 0 Å². The van der Waals surface area contributed by atoms with Crippen LogP contribution in [-0.4, -0.2) is 11.4 Å². The third-order valence-electron chi connectivity index (χ3n) is 1.84. The Morgan fingerprint density at radius 1 is 1.33 bits per heavy atom. The van der Waals surface area contributed by atoms with E-state index in [1.807, 2.05) is 18.2 Å². The average Bonchev–Trinajstić information content (AvgIpc) is 2.17. The molecule has 0 aliphatic carbocycles. The molecular formula is C10H9BrO. The fraction of sp³-hybridized carbons (Fsp3) is 0.200. The standard InChI is InChI=1S/C10H9BrO/c11-7-9-6-5-8-3-1-2-4-10(8)12-9/h1-6,9H,7H2. The van der Waals surface area contributed by atoms with Gasteiger partial charge in [-0.15, -0.1) is 0 Å². The number of rotatable bonds is 1. The van der Waals surface area contributed by atoms with E-state index in [1.54, 1.807) is 0 Å². The Morgan fingerprint density at radius 3 is 3.00 bits per heavy atom. The van der Waals surface area contributed by atoms with Crippen molar-refractivity contribution in [1.29, 1.82) is 0 Å². The summed E-state index contributed by atoms with van der Waals surface area (Å²) in [5, 5.41) is 0.845. The summed E-state index contributed by atoms with van der Waals surface area (Å²) in [6.45, 7) is 0. The summed E-state index contributed by atoms with van der Waals surface area (Å²) >= 11 is 3.39. The van der Waals surface area contributed by atoms with Crippen molar-refractivity contribution < 1.29 is 4.74 Å². The molecule has 0 N–H and O–H groups in total. The first-order chi connectivity index (χ1) is 5.90. The smallest absolute Gasteiger partial charge is 0.127 e. The number of hydrogen-bond acceptors (Lipinski definition) is 1. The molecule has 1 aliphatic rings. The van der Waals surface area contributed by atoms with E-state index >= 15 is 0 Å². The Kier molecular flexibility index (Phi) is 2.17. The summed E-state index contributed by atoms with van der Waals surface area (Å²) in [6.07, 6.45) is 4.35.